The van der Waals surface area contributed by atoms with Crippen LogP contribution in [0.2, 0.25) is 0 Å². The molecule has 2 amide bonds. The molecular weight excluding hydrogens is 218 g/mol. The van der Waals surface area contributed by atoms with Gasteiger partial charge in [-0.1, -0.05) is 0 Å². The van der Waals surface area contributed by atoms with Crippen molar-refractivity contribution in [1.82, 2.24) is 10.6 Å². The van der Waals surface area contributed by atoms with Gasteiger partial charge in [-0.2, -0.15) is 5.26 Å². The Morgan fingerprint density at radius 1 is 1.24 bits per heavy atom. The molecule has 0 saturated carbocycles. The summed E-state index contributed by atoms with van der Waals surface area (Å²) < 4.78 is 0. The molecule has 0 saturated heterocycles. The van der Waals surface area contributed by atoms with Crippen LogP contribution in [-0.2, 0) is 4.79 Å². The molecule has 0 spiro atoms. The number of hydrogen-bond donors (Lipinski definition) is 2. The quantitative estimate of drug-likeness (QED) is 0.788. The highest BCUT2D eigenvalue weighted by atomic mass is 16.2. The Hall–Kier alpha value is -2.35. The predicted octanol–water partition coefficient (Wildman–Crippen LogP) is 0.424. The van der Waals surface area contributed by atoms with Crippen LogP contribution in [0.4, 0.5) is 0 Å². The number of benzene rings is 1. The zero-order chi connectivity index (χ0) is 12.7. The molecule has 0 atom stereocenters. The van der Waals surface area contributed by atoms with E-state index < -0.39 is 0 Å². The molecule has 0 aliphatic heterocycles. The second-order valence-corrected chi connectivity index (χ2v) is 3.33. The molecule has 0 unspecified atom stereocenters. The van der Waals surface area contributed by atoms with Crippen molar-refractivity contribution >= 4 is 11.8 Å². The van der Waals surface area contributed by atoms with Gasteiger partial charge in [0, 0.05) is 12.1 Å². The lowest BCUT2D eigenvalue weighted by Crippen LogP contribution is -2.36. The molecule has 0 heterocycles. The van der Waals surface area contributed by atoms with Crippen molar-refractivity contribution in [3.63, 3.8) is 0 Å². The average molecular weight is 231 g/mol. The fourth-order valence-corrected chi connectivity index (χ4v) is 1.22. The van der Waals surface area contributed by atoms with Gasteiger partial charge in [-0.15, -0.1) is 0 Å². The van der Waals surface area contributed by atoms with Crippen LogP contribution in [0.1, 0.15) is 22.8 Å². The minimum absolute atomic E-state index is 0.0489. The number of hydrogen-bond acceptors (Lipinski definition) is 3. The predicted molar refractivity (Wildman–Crippen MR) is 62.2 cm³/mol. The summed E-state index contributed by atoms with van der Waals surface area (Å²) in [5.74, 6) is -0.560. The first-order valence-electron chi connectivity index (χ1n) is 5.22. The van der Waals surface area contributed by atoms with E-state index in [0.717, 1.165) is 0 Å². The Kier molecular flexibility index (Phi) is 4.70. The zero-order valence-corrected chi connectivity index (χ0v) is 9.49. The van der Waals surface area contributed by atoms with Gasteiger partial charge in [-0.3, -0.25) is 9.59 Å². The summed E-state index contributed by atoms with van der Waals surface area (Å²) in [6.07, 6.45) is 0. The van der Waals surface area contributed by atoms with Crippen molar-refractivity contribution in [2.45, 2.75) is 6.92 Å². The molecule has 1 aromatic rings. The highest BCUT2D eigenvalue weighted by molar-refractivity contribution is 5.96. The first-order chi connectivity index (χ1) is 8.17. The van der Waals surface area contributed by atoms with Crippen LogP contribution in [0.5, 0.6) is 0 Å². The van der Waals surface area contributed by atoms with Gasteiger partial charge in [0.25, 0.3) is 5.91 Å². The molecule has 0 aliphatic rings. The maximum Gasteiger partial charge on any atom is 0.251 e. The molecule has 1 aromatic carbocycles. The third-order valence-corrected chi connectivity index (χ3v) is 2.06. The maximum atomic E-state index is 11.6. The number of rotatable bonds is 4. The van der Waals surface area contributed by atoms with Crippen molar-refractivity contribution in [3.05, 3.63) is 35.4 Å². The summed E-state index contributed by atoms with van der Waals surface area (Å²) >= 11 is 0. The molecule has 0 aromatic heterocycles. The number of likely N-dealkylation sites (N-methyl/N-ethyl adjacent to an activating group) is 1. The standard InChI is InChI=1S/C12H13N3O2/c1-2-14-11(16)8-15-12(17)10-5-3-9(7-13)4-6-10/h3-6H,2,8H2,1H3,(H,14,16)(H,15,17). The first kappa shape index (κ1) is 12.7. The highest BCUT2D eigenvalue weighted by Gasteiger charge is 2.06. The van der Waals surface area contributed by atoms with Crippen LogP contribution in [0.15, 0.2) is 24.3 Å². The third kappa shape index (κ3) is 3.95. The van der Waals surface area contributed by atoms with E-state index >= 15 is 0 Å². The van der Waals surface area contributed by atoms with Gasteiger partial charge in [0.05, 0.1) is 18.2 Å². The van der Waals surface area contributed by atoms with Gasteiger partial charge in [-0.25, -0.2) is 0 Å². The Bertz CT molecular complexity index is 446. The number of nitrogens with one attached hydrogen (secondary N) is 2. The number of carbonyl (C=O) groups is 2. The lowest BCUT2D eigenvalue weighted by molar-refractivity contribution is -0.120. The van der Waals surface area contributed by atoms with Gasteiger partial charge >= 0.3 is 0 Å². The fraction of sp³-hybridized carbons (Fsp3) is 0.250. The molecule has 88 valence electrons. The number of nitriles is 1. The molecule has 1 rings (SSSR count). The van der Waals surface area contributed by atoms with Gasteiger partial charge < -0.3 is 10.6 Å². The van der Waals surface area contributed by atoms with Crippen LogP contribution in [0, 0.1) is 11.3 Å². The third-order valence-electron chi connectivity index (χ3n) is 2.06. The molecule has 0 bridgehead atoms. The number of amides is 2. The van der Waals surface area contributed by atoms with E-state index in [1.54, 1.807) is 31.2 Å². The van der Waals surface area contributed by atoms with Crippen LogP contribution >= 0.6 is 0 Å². The largest absolute Gasteiger partial charge is 0.355 e. The van der Waals surface area contributed by atoms with E-state index in [4.69, 9.17) is 5.26 Å². The van der Waals surface area contributed by atoms with Crippen molar-refractivity contribution in [2.75, 3.05) is 13.1 Å². The summed E-state index contributed by atoms with van der Waals surface area (Å²) in [6, 6.07) is 8.17. The lowest BCUT2D eigenvalue weighted by Gasteiger charge is -2.05. The summed E-state index contributed by atoms with van der Waals surface area (Å²) in [7, 11) is 0. The second kappa shape index (κ2) is 6.28. The van der Waals surface area contributed by atoms with Crippen LogP contribution in [0.3, 0.4) is 0 Å². The molecule has 5 heteroatoms. The lowest BCUT2D eigenvalue weighted by atomic mass is 10.1. The molecule has 2 N–H and O–H groups in total. The van der Waals surface area contributed by atoms with E-state index in [-0.39, 0.29) is 18.4 Å². The summed E-state index contributed by atoms with van der Waals surface area (Å²) in [5.41, 5.74) is 0.915. The fourth-order valence-electron chi connectivity index (χ4n) is 1.22. The van der Waals surface area contributed by atoms with Crippen molar-refractivity contribution in [2.24, 2.45) is 0 Å². The van der Waals surface area contributed by atoms with Gasteiger partial charge in [0.1, 0.15) is 0 Å². The molecule has 0 aliphatic carbocycles. The first-order valence-corrected chi connectivity index (χ1v) is 5.22. The molecule has 5 nitrogen and oxygen atoms in total. The number of nitrogens with zero attached hydrogens (tertiary/aromatic N) is 1. The van der Waals surface area contributed by atoms with Crippen molar-refractivity contribution in [3.8, 4) is 6.07 Å². The Morgan fingerprint density at radius 3 is 2.41 bits per heavy atom. The normalized spacial score (nSPS) is 9.18. The van der Waals surface area contributed by atoms with Gasteiger partial charge in [-0.05, 0) is 31.2 Å². The van der Waals surface area contributed by atoms with Crippen LogP contribution < -0.4 is 10.6 Å². The van der Waals surface area contributed by atoms with E-state index in [0.29, 0.717) is 17.7 Å². The van der Waals surface area contributed by atoms with E-state index in [1.165, 1.54) is 0 Å². The van der Waals surface area contributed by atoms with Gasteiger partial charge in [0.2, 0.25) is 5.91 Å². The Morgan fingerprint density at radius 2 is 1.88 bits per heavy atom. The number of carbonyl (C=O) groups excluding carboxylic acids is 2. The smallest absolute Gasteiger partial charge is 0.251 e. The van der Waals surface area contributed by atoms with Crippen molar-refractivity contribution in [1.29, 1.82) is 5.26 Å². The second-order valence-electron chi connectivity index (χ2n) is 3.33. The van der Waals surface area contributed by atoms with E-state index in [2.05, 4.69) is 10.6 Å². The Labute approximate surface area is 99.4 Å². The molecular formula is C12H13N3O2. The van der Waals surface area contributed by atoms with Crippen LogP contribution in [0.25, 0.3) is 0 Å². The van der Waals surface area contributed by atoms with Crippen LogP contribution in [-0.4, -0.2) is 24.9 Å². The SMILES string of the molecule is CCNC(=O)CNC(=O)c1ccc(C#N)cc1. The average Bonchev–Trinajstić information content (AvgIpc) is 2.36. The van der Waals surface area contributed by atoms with E-state index in [1.807, 2.05) is 6.07 Å². The molecule has 0 fully saturated rings. The molecule has 17 heavy (non-hydrogen) atoms. The monoisotopic (exact) mass is 231 g/mol. The van der Waals surface area contributed by atoms with Crippen molar-refractivity contribution < 1.29 is 9.59 Å². The highest BCUT2D eigenvalue weighted by Crippen LogP contribution is 2.02. The van der Waals surface area contributed by atoms with Gasteiger partial charge in [0.15, 0.2) is 0 Å². The summed E-state index contributed by atoms with van der Waals surface area (Å²) in [5, 5.41) is 13.7. The summed E-state index contributed by atoms with van der Waals surface area (Å²) in [4.78, 5) is 22.7. The summed E-state index contributed by atoms with van der Waals surface area (Å²) in [6.45, 7) is 2.29. The molecule has 0 radical (unpaired) electrons. The Balaban J connectivity index is 2.52. The van der Waals surface area contributed by atoms with E-state index in [9.17, 15) is 9.59 Å². The minimum atomic E-state index is -0.333. The zero-order valence-electron chi connectivity index (χ0n) is 9.49. The minimum Gasteiger partial charge on any atom is -0.355 e. The topological polar surface area (TPSA) is 82.0 Å². The maximum absolute atomic E-state index is 11.6.